The third kappa shape index (κ3) is 6.83. The molecule has 0 spiro atoms. The lowest BCUT2D eigenvalue weighted by molar-refractivity contribution is -0.387. The van der Waals surface area contributed by atoms with Crippen molar-refractivity contribution in [1.82, 2.24) is 15.0 Å². The lowest BCUT2D eigenvalue weighted by Crippen LogP contribution is -2.38. The van der Waals surface area contributed by atoms with E-state index in [0.717, 1.165) is 38.1 Å². The number of anilines is 3. The summed E-state index contributed by atoms with van der Waals surface area (Å²) in [5.74, 6) is 1.37. The number of hydrogen-bond donors (Lipinski definition) is 1. The van der Waals surface area contributed by atoms with Crippen LogP contribution in [0.1, 0.15) is 24.8 Å². The Morgan fingerprint density at radius 2 is 1.67 bits per heavy atom. The van der Waals surface area contributed by atoms with Crippen LogP contribution in [0.15, 0.2) is 52.5 Å². The highest BCUT2D eigenvalue weighted by Gasteiger charge is 2.28. The number of benzene rings is 2. The molecule has 3 aromatic rings. The minimum absolute atomic E-state index is 0.0864. The van der Waals surface area contributed by atoms with E-state index in [-0.39, 0.29) is 17.4 Å². The van der Waals surface area contributed by atoms with Gasteiger partial charge >= 0.3 is 10.1 Å². The number of rotatable bonds is 10. The molecule has 0 saturated carbocycles. The number of nitrogens with zero attached hydrogens (tertiary/aromatic N) is 7. The molecule has 2 aliphatic heterocycles. The number of nitrogens with one attached hydrogen (secondary N) is 1. The van der Waals surface area contributed by atoms with Crippen molar-refractivity contribution < 1.29 is 27.0 Å². The Balaban J connectivity index is 1.34. The van der Waals surface area contributed by atoms with E-state index in [1.165, 1.54) is 44.0 Å². The molecule has 2 fully saturated rings. The van der Waals surface area contributed by atoms with Crippen LogP contribution < -0.4 is 24.1 Å². The molecule has 2 saturated heterocycles. The van der Waals surface area contributed by atoms with Crippen LogP contribution in [-0.2, 0) is 14.9 Å². The fraction of sp³-hybridized carbons (Fsp3) is 0.385. The Morgan fingerprint density at radius 3 is 2.36 bits per heavy atom. The standard InChI is InChI=1S/C26H30N8O7S/c1-39-22-17-19(9-10-21(22)41-42(37,38)23-8-4-3-7-20(23)34(35)36)18-27-31-24-28-25(32-11-5-2-6-12-32)30-26(29-24)33-13-15-40-16-14-33/h3-4,7-10,17-18H,2,5-6,11-16H2,1H3,(H,28,29,30,31)/b27-18-. The minimum atomic E-state index is -4.52. The van der Waals surface area contributed by atoms with E-state index in [1.807, 2.05) is 0 Å². The zero-order valence-corrected chi connectivity index (χ0v) is 23.7. The van der Waals surface area contributed by atoms with Gasteiger partial charge < -0.3 is 23.5 Å². The first-order valence-electron chi connectivity index (χ1n) is 13.3. The first-order chi connectivity index (χ1) is 20.3. The predicted molar refractivity (Wildman–Crippen MR) is 154 cm³/mol. The average Bonchev–Trinajstić information content (AvgIpc) is 3.02. The van der Waals surface area contributed by atoms with Crippen molar-refractivity contribution in [3.8, 4) is 11.5 Å². The molecule has 2 aromatic carbocycles. The zero-order chi connectivity index (χ0) is 29.5. The third-order valence-electron chi connectivity index (χ3n) is 6.64. The Kier molecular flexibility index (Phi) is 8.92. The number of para-hydroxylation sites is 1. The average molecular weight is 599 g/mol. The normalized spacial score (nSPS) is 15.9. The van der Waals surface area contributed by atoms with Crippen LogP contribution in [0, 0.1) is 10.1 Å². The summed E-state index contributed by atoms with van der Waals surface area (Å²) in [7, 11) is -3.17. The molecule has 5 rings (SSSR count). The Bertz CT molecular complexity index is 1520. The second-order valence-corrected chi connectivity index (χ2v) is 11.0. The minimum Gasteiger partial charge on any atom is -0.493 e. The smallest absolute Gasteiger partial charge is 0.346 e. The fourth-order valence-electron chi connectivity index (χ4n) is 4.52. The monoisotopic (exact) mass is 598 g/mol. The van der Waals surface area contributed by atoms with Crippen LogP contribution in [0.2, 0.25) is 0 Å². The zero-order valence-electron chi connectivity index (χ0n) is 22.9. The fourth-order valence-corrected chi connectivity index (χ4v) is 5.63. The molecule has 16 heteroatoms. The van der Waals surface area contributed by atoms with Crippen LogP contribution in [-0.4, -0.2) is 81.0 Å². The lowest BCUT2D eigenvalue weighted by Gasteiger charge is -2.30. The molecule has 15 nitrogen and oxygen atoms in total. The van der Waals surface area contributed by atoms with Gasteiger partial charge in [0.05, 0.1) is 31.5 Å². The van der Waals surface area contributed by atoms with E-state index < -0.39 is 25.6 Å². The number of aromatic nitrogens is 3. The summed E-state index contributed by atoms with van der Waals surface area (Å²) < 4.78 is 41.7. The van der Waals surface area contributed by atoms with Crippen LogP contribution in [0.25, 0.3) is 0 Å². The molecule has 0 atom stereocenters. The highest BCUT2D eigenvalue weighted by atomic mass is 32.2. The van der Waals surface area contributed by atoms with E-state index in [4.69, 9.17) is 18.6 Å². The second kappa shape index (κ2) is 12.9. The van der Waals surface area contributed by atoms with Gasteiger partial charge in [0.2, 0.25) is 17.8 Å². The SMILES string of the molecule is COc1cc(/C=N\Nc2nc(N3CCCCC3)nc(N3CCOCC3)n2)ccc1OS(=O)(=O)c1ccccc1[N+](=O)[O-]. The predicted octanol–water partition coefficient (Wildman–Crippen LogP) is 2.83. The third-order valence-corrected chi connectivity index (χ3v) is 7.92. The molecule has 1 N–H and O–H groups in total. The van der Waals surface area contributed by atoms with E-state index in [0.29, 0.717) is 43.8 Å². The summed E-state index contributed by atoms with van der Waals surface area (Å²) in [6, 6.07) is 9.39. The van der Waals surface area contributed by atoms with Crippen molar-refractivity contribution >= 4 is 39.9 Å². The summed E-state index contributed by atoms with van der Waals surface area (Å²) in [6.07, 6.45) is 4.81. The van der Waals surface area contributed by atoms with Gasteiger partial charge in [-0.15, -0.1) is 0 Å². The summed E-state index contributed by atoms with van der Waals surface area (Å²) in [5.41, 5.74) is 2.83. The number of ether oxygens (including phenoxy) is 2. The van der Waals surface area contributed by atoms with Crippen molar-refractivity contribution in [2.24, 2.45) is 5.10 Å². The van der Waals surface area contributed by atoms with Gasteiger partial charge in [0.25, 0.3) is 5.69 Å². The molecular formula is C26H30N8O7S. The number of hydrogen-bond acceptors (Lipinski definition) is 14. The Hall–Kier alpha value is -4.57. The van der Waals surface area contributed by atoms with Gasteiger partial charge in [-0.05, 0) is 49.1 Å². The van der Waals surface area contributed by atoms with Crippen molar-refractivity contribution in [2.45, 2.75) is 24.2 Å². The maximum atomic E-state index is 12.8. The lowest BCUT2D eigenvalue weighted by atomic mass is 10.1. The number of nitro groups is 1. The molecule has 222 valence electrons. The number of nitro benzene ring substituents is 1. The highest BCUT2D eigenvalue weighted by molar-refractivity contribution is 7.87. The van der Waals surface area contributed by atoms with Crippen LogP contribution in [0.5, 0.6) is 11.5 Å². The maximum Gasteiger partial charge on any atom is 0.346 e. The van der Waals surface area contributed by atoms with Crippen LogP contribution in [0.3, 0.4) is 0 Å². The molecule has 0 aliphatic carbocycles. The van der Waals surface area contributed by atoms with Crippen molar-refractivity contribution in [3.63, 3.8) is 0 Å². The van der Waals surface area contributed by atoms with E-state index in [1.54, 1.807) is 6.07 Å². The Labute approximate surface area is 242 Å². The summed E-state index contributed by atoms with van der Waals surface area (Å²) in [4.78, 5) is 28.0. The van der Waals surface area contributed by atoms with E-state index >= 15 is 0 Å². The quantitative estimate of drug-likeness (QED) is 0.156. The van der Waals surface area contributed by atoms with E-state index in [2.05, 4.69) is 30.3 Å². The molecule has 2 aliphatic rings. The van der Waals surface area contributed by atoms with Crippen molar-refractivity contribution in [3.05, 3.63) is 58.1 Å². The van der Waals surface area contributed by atoms with Crippen LogP contribution >= 0.6 is 0 Å². The number of piperidine rings is 1. The van der Waals surface area contributed by atoms with Crippen molar-refractivity contribution in [2.75, 3.05) is 61.7 Å². The second-order valence-electron chi connectivity index (χ2n) is 9.45. The molecule has 1 aromatic heterocycles. The van der Waals surface area contributed by atoms with Gasteiger partial charge in [-0.1, -0.05) is 12.1 Å². The molecular weight excluding hydrogens is 568 g/mol. The maximum absolute atomic E-state index is 12.8. The first kappa shape index (κ1) is 28.9. The topological polar surface area (TPSA) is 175 Å². The highest BCUT2D eigenvalue weighted by Crippen LogP contribution is 2.32. The van der Waals surface area contributed by atoms with E-state index in [9.17, 15) is 18.5 Å². The molecule has 0 amide bonds. The molecule has 42 heavy (non-hydrogen) atoms. The summed E-state index contributed by atoms with van der Waals surface area (Å²) >= 11 is 0. The summed E-state index contributed by atoms with van der Waals surface area (Å²) in [5, 5.41) is 15.6. The van der Waals surface area contributed by atoms with Crippen molar-refractivity contribution in [1.29, 1.82) is 0 Å². The van der Waals surface area contributed by atoms with Gasteiger partial charge in [0.15, 0.2) is 16.4 Å². The number of hydrazone groups is 1. The summed E-state index contributed by atoms with van der Waals surface area (Å²) in [6.45, 7) is 4.28. The van der Waals surface area contributed by atoms with Gasteiger partial charge in [0, 0.05) is 32.2 Å². The van der Waals surface area contributed by atoms with Crippen LogP contribution in [0.4, 0.5) is 23.5 Å². The molecule has 3 heterocycles. The number of morpholine rings is 1. The molecule has 0 bridgehead atoms. The first-order valence-corrected chi connectivity index (χ1v) is 14.7. The largest absolute Gasteiger partial charge is 0.493 e. The molecule has 0 unspecified atom stereocenters. The Morgan fingerprint density at radius 1 is 0.976 bits per heavy atom. The van der Waals surface area contributed by atoms with Gasteiger partial charge in [-0.25, -0.2) is 5.43 Å². The molecule has 0 radical (unpaired) electrons. The van der Waals surface area contributed by atoms with Gasteiger partial charge in [-0.2, -0.15) is 28.5 Å². The van der Waals surface area contributed by atoms with Gasteiger partial charge in [0.1, 0.15) is 0 Å². The van der Waals surface area contributed by atoms with Gasteiger partial charge in [-0.3, -0.25) is 10.1 Å². The number of methoxy groups -OCH3 is 1.